The summed E-state index contributed by atoms with van der Waals surface area (Å²) in [6.07, 6.45) is 1.15. The van der Waals surface area contributed by atoms with Gasteiger partial charge in [-0.05, 0) is 24.5 Å². The average molecular weight is 202 g/mol. The van der Waals surface area contributed by atoms with Crippen LogP contribution in [-0.4, -0.2) is 13.6 Å². The van der Waals surface area contributed by atoms with Crippen LogP contribution in [0, 0.1) is 17.2 Å². The van der Waals surface area contributed by atoms with Gasteiger partial charge < -0.3 is 4.90 Å². The lowest BCUT2D eigenvalue weighted by atomic mass is 10.1. The Hall–Kier alpha value is -1.49. The fourth-order valence-corrected chi connectivity index (χ4v) is 1.47. The van der Waals surface area contributed by atoms with Crippen LogP contribution in [0.15, 0.2) is 24.3 Å². The standard InChI is InChI=1S/C13H18N2/c1-11(2)8-9-15(3)13-7-5-4-6-12(13)10-14/h4-7,11H,8-9H2,1-3H3. The minimum absolute atomic E-state index is 0.696. The summed E-state index contributed by atoms with van der Waals surface area (Å²) in [4.78, 5) is 2.15. The quantitative estimate of drug-likeness (QED) is 0.750. The highest BCUT2D eigenvalue weighted by molar-refractivity contribution is 5.58. The van der Waals surface area contributed by atoms with E-state index < -0.39 is 0 Å². The fourth-order valence-electron chi connectivity index (χ4n) is 1.47. The summed E-state index contributed by atoms with van der Waals surface area (Å²) in [6.45, 7) is 5.42. The van der Waals surface area contributed by atoms with E-state index >= 15 is 0 Å². The van der Waals surface area contributed by atoms with Crippen LogP contribution in [0.3, 0.4) is 0 Å². The zero-order chi connectivity index (χ0) is 11.3. The summed E-state index contributed by atoms with van der Waals surface area (Å²) in [6, 6.07) is 9.96. The third-order valence-corrected chi connectivity index (χ3v) is 2.48. The van der Waals surface area contributed by atoms with Crippen molar-refractivity contribution in [2.24, 2.45) is 5.92 Å². The first kappa shape index (κ1) is 11.6. The van der Waals surface area contributed by atoms with Crippen molar-refractivity contribution >= 4 is 5.69 Å². The topological polar surface area (TPSA) is 27.0 Å². The second kappa shape index (κ2) is 5.41. The number of nitrogens with zero attached hydrogens (tertiary/aromatic N) is 2. The molecule has 0 aliphatic carbocycles. The molecule has 0 N–H and O–H groups in total. The molecule has 0 aliphatic heterocycles. The Balaban J connectivity index is 2.73. The summed E-state index contributed by atoms with van der Waals surface area (Å²) in [5, 5.41) is 8.97. The Morgan fingerprint density at radius 3 is 2.60 bits per heavy atom. The van der Waals surface area contributed by atoms with E-state index in [1.165, 1.54) is 0 Å². The Morgan fingerprint density at radius 1 is 1.33 bits per heavy atom. The third kappa shape index (κ3) is 3.28. The summed E-state index contributed by atoms with van der Waals surface area (Å²) in [5.74, 6) is 0.696. The normalized spacial score (nSPS) is 10.1. The van der Waals surface area contributed by atoms with Crippen molar-refractivity contribution in [3.05, 3.63) is 29.8 Å². The average Bonchev–Trinajstić information content (AvgIpc) is 2.25. The maximum Gasteiger partial charge on any atom is 0.101 e. The molecule has 2 heteroatoms. The molecule has 1 rings (SSSR count). The van der Waals surface area contributed by atoms with E-state index in [0.29, 0.717) is 5.92 Å². The van der Waals surface area contributed by atoms with Gasteiger partial charge in [0.25, 0.3) is 0 Å². The van der Waals surface area contributed by atoms with Crippen molar-refractivity contribution in [2.75, 3.05) is 18.5 Å². The highest BCUT2D eigenvalue weighted by Gasteiger charge is 2.06. The van der Waals surface area contributed by atoms with Crippen LogP contribution in [0.5, 0.6) is 0 Å². The largest absolute Gasteiger partial charge is 0.374 e. The van der Waals surface area contributed by atoms with Crippen LogP contribution < -0.4 is 4.90 Å². The highest BCUT2D eigenvalue weighted by Crippen LogP contribution is 2.18. The first-order chi connectivity index (χ1) is 7.15. The molecule has 0 radical (unpaired) electrons. The number of nitriles is 1. The van der Waals surface area contributed by atoms with Gasteiger partial charge >= 0.3 is 0 Å². The zero-order valence-corrected chi connectivity index (χ0v) is 9.70. The molecule has 0 spiro atoms. The van der Waals surface area contributed by atoms with Gasteiger partial charge in [0.05, 0.1) is 11.3 Å². The van der Waals surface area contributed by atoms with Gasteiger partial charge in [-0.2, -0.15) is 5.26 Å². The number of rotatable bonds is 4. The van der Waals surface area contributed by atoms with E-state index in [9.17, 15) is 0 Å². The molecule has 0 fully saturated rings. The summed E-state index contributed by atoms with van der Waals surface area (Å²) < 4.78 is 0. The monoisotopic (exact) mass is 202 g/mol. The molecular formula is C13H18N2. The molecule has 0 bridgehead atoms. The van der Waals surface area contributed by atoms with Gasteiger partial charge in [0, 0.05) is 13.6 Å². The summed E-state index contributed by atoms with van der Waals surface area (Å²) >= 11 is 0. The Labute approximate surface area is 92.1 Å². The van der Waals surface area contributed by atoms with E-state index in [0.717, 1.165) is 24.2 Å². The Kier molecular flexibility index (Phi) is 4.17. The van der Waals surface area contributed by atoms with Crippen molar-refractivity contribution in [1.82, 2.24) is 0 Å². The first-order valence-corrected chi connectivity index (χ1v) is 5.35. The molecular weight excluding hydrogens is 184 g/mol. The van der Waals surface area contributed by atoms with E-state index in [4.69, 9.17) is 5.26 Å². The second-order valence-corrected chi connectivity index (χ2v) is 4.23. The van der Waals surface area contributed by atoms with Gasteiger partial charge in [0.15, 0.2) is 0 Å². The number of benzene rings is 1. The first-order valence-electron chi connectivity index (χ1n) is 5.35. The lowest BCUT2D eigenvalue weighted by Crippen LogP contribution is -2.20. The molecule has 1 aromatic carbocycles. The van der Waals surface area contributed by atoms with Crippen molar-refractivity contribution in [1.29, 1.82) is 5.26 Å². The number of anilines is 1. The molecule has 2 nitrogen and oxygen atoms in total. The molecule has 15 heavy (non-hydrogen) atoms. The molecule has 80 valence electrons. The molecule has 0 saturated heterocycles. The maximum atomic E-state index is 8.97. The van der Waals surface area contributed by atoms with Gasteiger partial charge in [-0.3, -0.25) is 0 Å². The summed E-state index contributed by atoms with van der Waals surface area (Å²) in [5.41, 5.74) is 1.78. The van der Waals surface area contributed by atoms with Gasteiger partial charge in [-0.25, -0.2) is 0 Å². The number of hydrogen-bond donors (Lipinski definition) is 0. The van der Waals surface area contributed by atoms with Crippen molar-refractivity contribution in [2.45, 2.75) is 20.3 Å². The van der Waals surface area contributed by atoms with Crippen molar-refractivity contribution in [3.63, 3.8) is 0 Å². The molecule has 0 unspecified atom stereocenters. The third-order valence-electron chi connectivity index (χ3n) is 2.48. The minimum atomic E-state index is 0.696. The highest BCUT2D eigenvalue weighted by atomic mass is 15.1. The van der Waals surface area contributed by atoms with Gasteiger partial charge in [0.2, 0.25) is 0 Å². The SMILES string of the molecule is CC(C)CCN(C)c1ccccc1C#N. The van der Waals surface area contributed by atoms with Gasteiger partial charge in [0.1, 0.15) is 6.07 Å². The van der Waals surface area contributed by atoms with Crippen LogP contribution in [0.25, 0.3) is 0 Å². The van der Waals surface area contributed by atoms with Crippen molar-refractivity contribution < 1.29 is 0 Å². The van der Waals surface area contributed by atoms with Gasteiger partial charge in [-0.1, -0.05) is 26.0 Å². The lowest BCUT2D eigenvalue weighted by molar-refractivity contribution is 0.585. The van der Waals surface area contributed by atoms with E-state index in [1.807, 2.05) is 31.3 Å². The molecule has 0 atom stereocenters. The predicted octanol–water partition coefficient (Wildman–Crippen LogP) is 3.04. The van der Waals surface area contributed by atoms with Crippen molar-refractivity contribution in [3.8, 4) is 6.07 Å². The number of hydrogen-bond acceptors (Lipinski definition) is 2. The molecule has 0 saturated carbocycles. The van der Waals surface area contributed by atoms with Crippen LogP contribution in [-0.2, 0) is 0 Å². The molecule has 1 aromatic rings. The van der Waals surface area contributed by atoms with E-state index in [2.05, 4.69) is 24.8 Å². The lowest BCUT2D eigenvalue weighted by Gasteiger charge is -2.21. The molecule has 0 heterocycles. The van der Waals surface area contributed by atoms with Gasteiger partial charge in [-0.15, -0.1) is 0 Å². The second-order valence-electron chi connectivity index (χ2n) is 4.23. The molecule has 0 aliphatic rings. The fraction of sp³-hybridized carbons (Fsp3) is 0.462. The van der Waals surface area contributed by atoms with Crippen LogP contribution in [0.2, 0.25) is 0 Å². The Morgan fingerprint density at radius 2 is 2.00 bits per heavy atom. The summed E-state index contributed by atoms with van der Waals surface area (Å²) in [7, 11) is 2.04. The smallest absolute Gasteiger partial charge is 0.101 e. The molecule has 0 amide bonds. The zero-order valence-electron chi connectivity index (χ0n) is 9.70. The van der Waals surface area contributed by atoms with E-state index in [1.54, 1.807) is 0 Å². The predicted molar refractivity (Wildman–Crippen MR) is 63.9 cm³/mol. The van der Waals surface area contributed by atoms with Crippen LogP contribution in [0.4, 0.5) is 5.69 Å². The Bertz CT molecular complexity index is 350. The maximum absolute atomic E-state index is 8.97. The van der Waals surface area contributed by atoms with Crippen LogP contribution >= 0.6 is 0 Å². The van der Waals surface area contributed by atoms with Crippen LogP contribution in [0.1, 0.15) is 25.8 Å². The minimum Gasteiger partial charge on any atom is -0.374 e. The van der Waals surface area contributed by atoms with E-state index in [-0.39, 0.29) is 0 Å². The molecule has 0 aromatic heterocycles. The number of para-hydroxylation sites is 1.